The van der Waals surface area contributed by atoms with Crippen molar-refractivity contribution in [2.45, 2.75) is 51.7 Å². The standard InChI is InChI=1S/C14H23N3O/c1-2-15-10-13-8-5-9-17(13)11-14(18)16-12-6-3-4-7-12/h5,8-9,12,15H,2-4,6-7,10-11H2,1H3,(H,16,18). The first-order valence-electron chi connectivity index (χ1n) is 6.93. The molecule has 1 saturated carbocycles. The molecule has 18 heavy (non-hydrogen) atoms. The first-order valence-corrected chi connectivity index (χ1v) is 6.93. The molecule has 1 aromatic rings. The molecule has 1 amide bonds. The normalized spacial score (nSPS) is 16.1. The molecular weight excluding hydrogens is 226 g/mol. The van der Waals surface area contributed by atoms with Gasteiger partial charge >= 0.3 is 0 Å². The highest BCUT2D eigenvalue weighted by Gasteiger charge is 2.17. The number of aromatic nitrogens is 1. The van der Waals surface area contributed by atoms with E-state index >= 15 is 0 Å². The summed E-state index contributed by atoms with van der Waals surface area (Å²) in [6.07, 6.45) is 6.75. The second-order valence-corrected chi connectivity index (χ2v) is 4.96. The van der Waals surface area contributed by atoms with Crippen LogP contribution >= 0.6 is 0 Å². The summed E-state index contributed by atoms with van der Waals surface area (Å²) in [6.45, 7) is 4.28. The fourth-order valence-electron chi connectivity index (χ4n) is 2.52. The van der Waals surface area contributed by atoms with E-state index in [9.17, 15) is 4.79 Å². The number of hydrogen-bond donors (Lipinski definition) is 2. The van der Waals surface area contributed by atoms with E-state index in [0.29, 0.717) is 12.6 Å². The molecule has 0 aliphatic heterocycles. The van der Waals surface area contributed by atoms with Crippen LogP contribution < -0.4 is 10.6 Å². The van der Waals surface area contributed by atoms with Crippen LogP contribution in [0.2, 0.25) is 0 Å². The van der Waals surface area contributed by atoms with Crippen molar-refractivity contribution in [3.63, 3.8) is 0 Å². The SMILES string of the molecule is CCNCc1cccn1CC(=O)NC1CCCC1. The predicted octanol–water partition coefficient (Wildman–Crippen LogP) is 1.66. The molecule has 1 heterocycles. The van der Waals surface area contributed by atoms with Crippen LogP contribution in [0, 0.1) is 0 Å². The lowest BCUT2D eigenvalue weighted by Crippen LogP contribution is -2.35. The summed E-state index contributed by atoms with van der Waals surface area (Å²) < 4.78 is 2.02. The molecule has 100 valence electrons. The van der Waals surface area contributed by atoms with Crippen molar-refractivity contribution in [3.05, 3.63) is 24.0 Å². The van der Waals surface area contributed by atoms with E-state index < -0.39 is 0 Å². The second kappa shape index (κ2) is 6.59. The zero-order chi connectivity index (χ0) is 12.8. The molecule has 0 atom stereocenters. The number of rotatable bonds is 6. The van der Waals surface area contributed by atoms with Crippen molar-refractivity contribution >= 4 is 5.91 Å². The highest BCUT2D eigenvalue weighted by molar-refractivity contribution is 5.76. The van der Waals surface area contributed by atoms with Gasteiger partial charge in [0.05, 0.1) is 0 Å². The van der Waals surface area contributed by atoms with E-state index in [2.05, 4.69) is 23.6 Å². The zero-order valence-electron chi connectivity index (χ0n) is 11.1. The molecule has 0 unspecified atom stereocenters. The maximum atomic E-state index is 11.9. The van der Waals surface area contributed by atoms with Gasteiger partial charge in [0.2, 0.25) is 5.91 Å². The van der Waals surface area contributed by atoms with Crippen molar-refractivity contribution in [2.75, 3.05) is 6.54 Å². The fourth-order valence-corrected chi connectivity index (χ4v) is 2.52. The quantitative estimate of drug-likeness (QED) is 0.805. The van der Waals surface area contributed by atoms with Gasteiger partial charge in [0.1, 0.15) is 6.54 Å². The van der Waals surface area contributed by atoms with Crippen LogP contribution in [0.3, 0.4) is 0 Å². The highest BCUT2D eigenvalue weighted by Crippen LogP contribution is 2.17. The van der Waals surface area contributed by atoms with Gasteiger partial charge in [0, 0.05) is 24.5 Å². The summed E-state index contributed by atoms with van der Waals surface area (Å²) in [4.78, 5) is 11.9. The van der Waals surface area contributed by atoms with Crippen LogP contribution in [-0.2, 0) is 17.9 Å². The Hall–Kier alpha value is -1.29. The molecule has 0 aromatic carbocycles. The van der Waals surface area contributed by atoms with Crippen LogP contribution in [0.4, 0.5) is 0 Å². The van der Waals surface area contributed by atoms with Gasteiger partial charge in [-0.1, -0.05) is 19.8 Å². The van der Waals surface area contributed by atoms with Crippen molar-refractivity contribution in [3.8, 4) is 0 Å². The van der Waals surface area contributed by atoms with Crippen LogP contribution in [0.5, 0.6) is 0 Å². The Morgan fingerprint density at radius 3 is 2.94 bits per heavy atom. The molecule has 2 rings (SSSR count). The van der Waals surface area contributed by atoms with Gasteiger partial charge in [-0.2, -0.15) is 0 Å². The Kier molecular flexibility index (Phi) is 4.81. The van der Waals surface area contributed by atoms with Crippen LogP contribution in [0.1, 0.15) is 38.3 Å². The molecule has 0 spiro atoms. The second-order valence-electron chi connectivity index (χ2n) is 4.96. The summed E-state index contributed by atoms with van der Waals surface area (Å²) in [7, 11) is 0. The van der Waals surface area contributed by atoms with E-state index in [0.717, 1.165) is 25.9 Å². The number of nitrogens with zero attached hydrogens (tertiary/aromatic N) is 1. The molecule has 0 radical (unpaired) electrons. The van der Waals surface area contributed by atoms with Gasteiger partial charge in [0.25, 0.3) is 0 Å². The summed E-state index contributed by atoms with van der Waals surface area (Å²) in [6, 6.07) is 4.46. The largest absolute Gasteiger partial charge is 0.352 e. The zero-order valence-corrected chi connectivity index (χ0v) is 11.1. The van der Waals surface area contributed by atoms with Crippen molar-refractivity contribution < 1.29 is 4.79 Å². The van der Waals surface area contributed by atoms with Crippen molar-refractivity contribution in [1.82, 2.24) is 15.2 Å². The molecule has 0 saturated heterocycles. The summed E-state index contributed by atoms with van der Waals surface area (Å²) >= 11 is 0. The highest BCUT2D eigenvalue weighted by atomic mass is 16.2. The van der Waals surface area contributed by atoms with Crippen LogP contribution in [-0.4, -0.2) is 23.1 Å². The third-order valence-electron chi connectivity index (χ3n) is 3.51. The number of amides is 1. The van der Waals surface area contributed by atoms with Gasteiger partial charge in [0.15, 0.2) is 0 Å². The summed E-state index contributed by atoms with van der Waals surface area (Å²) in [5.74, 6) is 0.135. The minimum atomic E-state index is 0.135. The molecule has 0 bridgehead atoms. The maximum Gasteiger partial charge on any atom is 0.240 e. The minimum absolute atomic E-state index is 0.135. The lowest BCUT2D eigenvalue weighted by atomic mass is 10.2. The first-order chi connectivity index (χ1) is 8.79. The summed E-state index contributed by atoms with van der Waals surface area (Å²) in [5.41, 5.74) is 1.17. The number of carbonyl (C=O) groups is 1. The van der Waals surface area contributed by atoms with Gasteiger partial charge in [-0.05, 0) is 31.5 Å². The number of carbonyl (C=O) groups excluding carboxylic acids is 1. The third kappa shape index (κ3) is 3.60. The monoisotopic (exact) mass is 249 g/mol. The molecular formula is C14H23N3O. The fraction of sp³-hybridized carbons (Fsp3) is 0.643. The summed E-state index contributed by atoms with van der Waals surface area (Å²) in [5, 5.41) is 6.41. The smallest absolute Gasteiger partial charge is 0.240 e. The Labute approximate surface area is 109 Å². The minimum Gasteiger partial charge on any atom is -0.352 e. The molecule has 1 aliphatic rings. The molecule has 1 aromatic heterocycles. The van der Waals surface area contributed by atoms with E-state index in [1.165, 1.54) is 18.5 Å². The Morgan fingerprint density at radius 2 is 2.22 bits per heavy atom. The lowest BCUT2D eigenvalue weighted by Gasteiger charge is -2.14. The van der Waals surface area contributed by atoms with Crippen molar-refractivity contribution in [2.24, 2.45) is 0 Å². The van der Waals surface area contributed by atoms with Gasteiger partial charge in [-0.15, -0.1) is 0 Å². The number of hydrogen-bond acceptors (Lipinski definition) is 2. The average Bonchev–Trinajstić information content (AvgIpc) is 2.98. The lowest BCUT2D eigenvalue weighted by molar-refractivity contribution is -0.122. The van der Waals surface area contributed by atoms with E-state index in [-0.39, 0.29) is 5.91 Å². The van der Waals surface area contributed by atoms with E-state index in [4.69, 9.17) is 0 Å². The Balaban J connectivity index is 1.84. The molecule has 4 nitrogen and oxygen atoms in total. The average molecular weight is 249 g/mol. The number of nitrogens with one attached hydrogen (secondary N) is 2. The van der Waals surface area contributed by atoms with Gasteiger partial charge in [-0.25, -0.2) is 0 Å². The van der Waals surface area contributed by atoms with E-state index in [1.54, 1.807) is 0 Å². The predicted molar refractivity (Wildman–Crippen MR) is 72.2 cm³/mol. The maximum absolute atomic E-state index is 11.9. The molecule has 2 N–H and O–H groups in total. The van der Waals surface area contributed by atoms with Crippen LogP contribution in [0.25, 0.3) is 0 Å². The Bertz CT molecular complexity index is 380. The molecule has 4 heteroatoms. The van der Waals surface area contributed by atoms with Gasteiger partial charge < -0.3 is 15.2 Å². The van der Waals surface area contributed by atoms with Crippen molar-refractivity contribution in [1.29, 1.82) is 0 Å². The molecule has 1 fully saturated rings. The van der Waals surface area contributed by atoms with E-state index in [1.807, 2.05) is 16.8 Å². The van der Waals surface area contributed by atoms with Crippen LogP contribution in [0.15, 0.2) is 18.3 Å². The topological polar surface area (TPSA) is 46.1 Å². The van der Waals surface area contributed by atoms with Gasteiger partial charge in [-0.3, -0.25) is 4.79 Å². The Morgan fingerprint density at radius 1 is 1.44 bits per heavy atom. The third-order valence-corrected chi connectivity index (χ3v) is 3.51. The molecule has 1 aliphatic carbocycles. The first kappa shape index (κ1) is 13.1.